The van der Waals surface area contributed by atoms with E-state index in [1.54, 1.807) is 19.1 Å². The van der Waals surface area contributed by atoms with Crippen LogP contribution in [0.15, 0.2) is 48.5 Å². The maximum atomic E-state index is 12.2. The van der Waals surface area contributed by atoms with E-state index in [-0.39, 0.29) is 11.9 Å². The molecule has 1 aliphatic rings. The first kappa shape index (κ1) is 14.4. The monoisotopic (exact) mass is 298 g/mol. The number of ether oxygens (including phenoxy) is 2. The van der Waals surface area contributed by atoms with Gasteiger partial charge < -0.3 is 20.1 Å². The van der Waals surface area contributed by atoms with Crippen molar-refractivity contribution < 1.29 is 14.3 Å². The average Bonchev–Trinajstić information content (AvgIpc) is 2.59. The maximum absolute atomic E-state index is 12.2. The van der Waals surface area contributed by atoms with Crippen molar-refractivity contribution in [2.75, 3.05) is 19.1 Å². The van der Waals surface area contributed by atoms with Gasteiger partial charge in [-0.05, 0) is 30.3 Å². The van der Waals surface area contributed by atoms with Crippen LogP contribution in [0.2, 0.25) is 0 Å². The van der Waals surface area contributed by atoms with Gasteiger partial charge in [-0.3, -0.25) is 4.79 Å². The van der Waals surface area contributed by atoms with Gasteiger partial charge in [-0.1, -0.05) is 18.2 Å². The zero-order valence-electron chi connectivity index (χ0n) is 12.5. The lowest BCUT2D eigenvalue weighted by Gasteiger charge is -2.45. The lowest BCUT2D eigenvalue weighted by molar-refractivity contribution is -0.126. The lowest BCUT2D eigenvalue weighted by Crippen LogP contribution is -2.63. The smallest absolute Gasteiger partial charge is 0.247 e. The second-order valence-corrected chi connectivity index (χ2v) is 5.12. The molecule has 0 bridgehead atoms. The third-order valence-electron chi connectivity index (χ3n) is 3.95. The number of para-hydroxylation sites is 1. The summed E-state index contributed by atoms with van der Waals surface area (Å²) >= 11 is 0. The number of nitrogens with zero attached hydrogens (tertiary/aromatic N) is 1. The van der Waals surface area contributed by atoms with Crippen molar-refractivity contribution in [3.8, 4) is 11.5 Å². The Hall–Kier alpha value is -2.53. The molecule has 2 N–H and O–H groups in total. The number of anilines is 1. The van der Waals surface area contributed by atoms with Gasteiger partial charge in [-0.2, -0.15) is 0 Å². The molecular formula is C17H18N2O3. The molecule has 3 rings (SSSR count). The summed E-state index contributed by atoms with van der Waals surface area (Å²) in [5, 5.41) is 0. The number of hydrogen-bond donors (Lipinski definition) is 1. The molecule has 2 atom stereocenters. The zero-order chi connectivity index (χ0) is 15.7. The van der Waals surface area contributed by atoms with E-state index in [1.165, 1.54) is 0 Å². The van der Waals surface area contributed by atoms with Crippen LogP contribution in [-0.4, -0.2) is 26.2 Å². The maximum Gasteiger partial charge on any atom is 0.247 e. The molecule has 0 aromatic heterocycles. The molecule has 114 valence electrons. The number of β-lactam (4-membered cyclic amide) rings is 1. The average molecular weight is 298 g/mol. The van der Waals surface area contributed by atoms with E-state index in [0.29, 0.717) is 0 Å². The Morgan fingerprint density at radius 1 is 1.00 bits per heavy atom. The summed E-state index contributed by atoms with van der Waals surface area (Å²) in [6.07, 6.45) is 0. The molecule has 22 heavy (non-hydrogen) atoms. The third-order valence-corrected chi connectivity index (χ3v) is 3.95. The van der Waals surface area contributed by atoms with Crippen molar-refractivity contribution in [2.24, 2.45) is 5.73 Å². The Balaban J connectivity index is 1.97. The number of carbonyl (C=O) groups is 1. The fourth-order valence-corrected chi connectivity index (χ4v) is 2.79. The Morgan fingerprint density at radius 2 is 1.68 bits per heavy atom. The Bertz CT molecular complexity index is 685. The van der Waals surface area contributed by atoms with Gasteiger partial charge in [0.2, 0.25) is 5.91 Å². The van der Waals surface area contributed by atoms with E-state index in [0.717, 1.165) is 22.7 Å². The standard InChI is InChI=1S/C17H18N2O3/c1-21-12-9-7-11(8-10-12)19-16(15(18)17(19)20)13-5-3-4-6-14(13)22-2/h3-10,15-16H,18H2,1-2H3/t15-,16+/m0/s1. The summed E-state index contributed by atoms with van der Waals surface area (Å²) in [6, 6.07) is 14.2. The van der Waals surface area contributed by atoms with Gasteiger partial charge in [0.25, 0.3) is 0 Å². The van der Waals surface area contributed by atoms with Gasteiger partial charge in [0, 0.05) is 11.3 Å². The highest BCUT2D eigenvalue weighted by molar-refractivity contribution is 6.05. The van der Waals surface area contributed by atoms with Crippen LogP contribution in [0.5, 0.6) is 11.5 Å². The molecule has 0 aliphatic carbocycles. The number of amides is 1. The molecule has 0 spiro atoms. The predicted octanol–water partition coefficient (Wildman–Crippen LogP) is 2.12. The molecule has 1 heterocycles. The van der Waals surface area contributed by atoms with Gasteiger partial charge in [0.1, 0.15) is 17.5 Å². The summed E-state index contributed by atoms with van der Waals surface area (Å²) in [7, 11) is 3.22. The minimum atomic E-state index is -0.557. The van der Waals surface area contributed by atoms with E-state index >= 15 is 0 Å². The van der Waals surface area contributed by atoms with Crippen LogP contribution in [0.25, 0.3) is 0 Å². The van der Waals surface area contributed by atoms with Crippen molar-refractivity contribution >= 4 is 11.6 Å². The van der Waals surface area contributed by atoms with Gasteiger partial charge in [0.05, 0.1) is 20.3 Å². The number of rotatable bonds is 4. The molecule has 1 amide bonds. The van der Waals surface area contributed by atoms with E-state index in [2.05, 4.69) is 0 Å². The lowest BCUT2D eigenvalue weighted by atomic mass is 9.88. The number of nitrogens with two attached hydrogens (primary N) is 1. The fraction of sp³-hybridized carbons (Fsp3) is 0.235. The van der Waals surface area contributed by atoms with Crippen LogP contribution in [-0.2, 0) is 4.79 Å². The normalized spacial score (nSPS) is 20.5. The van der Waals surface area contributed by atoms with Gasteiger partial charge in [0.15, 0.2) is 0 Å². The van der Waals surface area contributed by atoms with Gasteiger partial charge in [-0.15, -0.1) is 0 Å². The summed E-state index contributed by atoms with van der Waals surface area (Å²) in [4.78, 5) is 13.9. The van der Waals surface area contributed by atoms with Crippen molar-refractivity contribution in [1.82, 2.24) is 0 Å². The van der Waals surface area contributed by atoms with E-state index in [4.69, 9.17) is 15.2 Å². The van der Waals surface area contributed by atoms with E-state index < -0.39 is 6.04 Å². The number of benzene rings is 2. The van der Waals surface area contributed by atoms with E-state index in [1.807, 2.05) is 48.5 Å². The second kappa shape index (κ2) is 5.69. The summed E-state index contributed by atoms with van der Waals surface area (Å²) in [5.41, 5.74) is 7.74. The zero-order valence-corrected chi connectivity index (χ0v) is 12.5. The molecule has 1 saturated heterocycles. The molecule has 5 nitrogen and oxygen atoms in total. The number of carbonyl (C=O) groups excluding carboxylic acids is 1. The topological polar surface area (TPSA) is 64.8 Å². The van der Waals surface area contributed by atoms with Crippen molar-refractivity contribution in [1.29, 1.82) is 0 Å². The first-order valence-electron chi connectivity index (χ1n) is 7.03. The molecular weight excluding hydrogens is 280 g/mol. The predicted molar refractivity (Wildman–Crippen MR) is 84.2 cm³/mol. The van der Waals surface area contributed by atoms with Crippen LogP contribution in [0, 0.1) is 0 Å². The number of hydrogen-bond acceptors (Lipinski definition) is 4. The van der Waals surface area contributed by atoms with Gasteiger partial charge in [-0.25, -0.2) is 0 Å². The van der Waals surface area contributed by atoms with Crippen molar-refractivity contribution in [3.05, 3.63) is 54.1 Å². The molecule has 5 heteroatoms. The molecule has 1 aliphatic heterocycles. The molecule has 0 radical (unpaired) electrons. The van der Waals surface area contributed by atoms with Crippen LogP contribution < -0.4 is 20.1 Å². The highest BCUT2D eigenvalue weighted by Crippen LogP contribution is 2.41. The largest absolute Gasteiger partial charge is 0.497 e. The summed E-state index contributed by atoms with van der Waals surface area (Å²) in [6.45, 7) is 0. The SMILES string of the molecule is COc1ccc(N2C(=O)[C@@H](N)[C@H]2c2ccccc2OC)cc1. The van der Waals surface area contributed by atoms with Crippen LogP contribution in [0.1, 0.15) is 11.6 Å². The van der Waals surface area contributed by atoms with Crippen LogP contribution >= 0.6 is 0 Å². The summed E-state index contributed by atoms with van der Waals surface area (Å²) < 4.78 is 10.5. The second-order valence-electron chi connectivity index (χ2n) is 5.12. The quantitative estimate of drug-likeness (QED) is 0.878. The third kappa shape index (κ3) is 2.19. The molecule has 1 fully saturated rings. The van der Waals surface area contributed by atoms with Crippen molar-refractivity contribution in [2.45, 2.75) is 12.1 Å². The molecule has 0 unspecified atom stereocenters. The Kier molecular flexibility index (Phi) is 3.73. The molecule has 2 aromatic carbocycles. The number of methoxy groups -OCH3 is 2. The van der Waals surface area contributed by atoms with Crippen LogP contribution in [0.4, 0.5) is 5.69 Å². The highest BCUT2D eigenvalue weighted by atomic mass is 16.5. The Labute approximate surface area is 129 Å². The minimum absolute atomic E-state index is 0.0962. The highest BCUT2D eigenvalue weighted by Gasteiger charge is 2.47. The molecule has 0 saturated carbocycles. The fourth-order valence-electron chi connectivity index (χ4n) is 2.79. The van der Waals surface area contributed by atoms with Crippen molar-refractivity contribution in [3.63, 3.8) is 0 Å². The summed E-state index contributed by atoms with van der Waals surface area (Å²) in [5.74, 6) is 1.38. The Morgan fingerprint density at radius 3 is 2.32 bits per heavy atom. The first-order valence-corrected chi connectivity index (χ1v) is 7.03. The molecule has 2 aromatic rings. The first-order chi connectivity index (χ1) is 10.7. The van der Waals surface area contributed by atoms with Gasteiger partial charge >= 0.3 is 0 Å². The van der Waals surface area contributed by atoms with Crippen LogP contribution in [0.3, 0.4) is 0 Å². The minimum Gasteiger partial charge on any atom is -0.497 e. The van der Waals surface area contributed by atoms with E-state index in [9.17, 15) is 4.79 Å².